The van der Waals surface area contributed by atoms with Crippen molar-refractivity contribution in [3.8, 4) is 22.5 Å². The predicted molar refractivity (Wildman–Crippen MR) is 224 cm³/mol. The van der Waals surface area contributed by atoms with Gasteiger partial charge in [0.25, 0.3) is 5.91 Å². The Morgan fingerprint density at radius 2 is 1.49 bits per heavy atom. The minimum atomic E-state index is -0.998. The lowest BCUT2D eigenvalue weighted by atomic mass is 10.0. The summed E-state index contributed by atoms with van der Waals surface area (Å²) in [4.78, 5) is 68.1. The number of carbonyl (C=O) groups is 4. The van der Waals surface area contributed by atoms with Gasteiger partial charge in [0.15, 0.2) is 0 Å². The second-order valence-corrected chi connectivity index (χ2v) is 15.3. The molecule has 13 heteroatoms. The molecule has 2 fully saturated rings. The second kappa shape index (κ2) is 17.3. The minimum absolute atomic E-state index is 0.178. The summed E-state index contributed by atoms with van der Waals surface area (Å²) in [5, 5.41) is 6.66. The van der Waals surface area contributed by atoms with Crippen LogP contribution in [0.4, 0.5) is 15.3 Å². The third-order valence-corrected chi connectivity index (χ3v) is 10.8. The number of hydrogen-bond donors (Lipinski definition) is 4. The van der Waals surface area contributed by atoms with Gasteiger partial charge in [0.05, 0.1) is 24.0 Å². The van der Waals surface area contributed by atoms with Crippen LogP contribution < -0.4 is 10.6 Å². The van der Waals surface area contributed by atoms with E-state index in [1.807, 2.05) is 84.9 Å². The number of ether oxygens (including phenoxy) is 2. The number of fused-ring (bicyclic) bond motifs is 1. The van der Waals surface area contributed by atoms with Crippen molar-refractivity contribution in [1.29, 1.82) is 0 Å². The van der Waals surface area contributed by atoms with Crippen molar-refractivity contribution in [1.82, 2.24) is 30.1 Å². The number of aromatic amines is 2. The molecule has 0 unspecified atom stereocenters. The molecule has 0 aliphatic carbocycles. The molecule has 0 bridgehead atoms. The van der Waals surface area contributed by atoms with Crippen LogP contribution >= 0.6 is 0 Å². The fraction of sp³-hybridized carbons (Fsp3) is 0.283. The van der Waals surface area contributed by atoms with Gasteiger partial charge in [-0.15, -0.1) is 0 Å². The molecular weight excluding hydrogens is 747 g/mol. The smallest absolute Gasteiger partial charge is 0.410 e. The van der Waals surface area contributed by atoms with Crippen LogP contribution in [0.25, 0.3) is 33.4 Å². The van der Waals surface area contributed by atoms with Crippen LogP contribution in [0.3, 0.4) is 0 Å². The zero-order valence-electron chi connectivity index (χ0n) is 33.0. The summed E-state index contributed by atoms with van der Waals surface area (Å²) in [6, 6.07) is 32.6. The maximum atomic E-state index is 13.9. The van der Waals surface area contributed by atoms with Crippen LogP contribution in [-0.4, -0.2) is 74.0 Å². The number of likely N-dealkylation sites (tertiary alicyclic amines) is 2. The van der Waals surface area contributed by atoms with Gasteiger partial charge >= 0.3 is 12.2 Å². The van der Waals surface area contributed by atoms with Gasteiger partial charge in [0.2, 0.25) is 5.91 Å². The van der Waals surface area contributed by atoms with E-state index in [9.17, 15) is 19.2 Å². The molecule has 0 spiro atoms. The topological polar surface area (TPSA) is 162 Å². The standard InChI is InChI=1S/C46H47N7O6/c1-29(2)59-45(56)51-41(33-13-7-4-8-14-33)44(55)52-23-10-16-40(52)43(54)48-35-21-22-36-34(25-35)26-37(49-36)31-17-19-32(20-18-31)38-27-47-42(50-38)39-15-9-24-53(39)46(57)58-28-30-11-5-3-6-12-30/h3-8,11-14,17-22,25-27,29,39-41,49H,9-10,15-16,23-24,28H2,1-2H3,(H,47,50)(H,48,54)(H,51,56)/t39-,40-,41+/m0/s1. The van der Waals surface area contributed by atoms with E-state index in [0.717, 1.165) is 57.6 Å². The molecule has 302 valence electrons. The SMILES string of the molecule is CC(C)OC(=O)N[C@@H](C(=O)N1CCC[C@H]1C(=O)Nc1ccc2[nH]c(-c3ccc(-c4cnc([C@@H]5CCCN5C(=O)OCc5ccccc5)[nH]4)cc3)cc2c1)c1ccccc1. The number of hydrogen-bond acceptors (Lipinski definition) is 7. The van der Waals surface area contributed by atoms with E-state index in [-0.39, 0.29) is 36.7 Å². The number of anilines is 1. The molecule has 59 heavy (non-hydrogen) atoms. The van der Waals surface area contributed by atoms with Crippen molar-refractivity contribution in [3.63, 3.8) is 0 Å². The number of alkyl carbamates (subject to hydrolysis) is 1. The Morgan fingerprint density at radius 3 is 2.24 bits per heavy atom. The molecular formula is C46H47N7O6. The van der Waals surface area contributed by atoms with Crippen LogP contribution in [0.2, 0.25) is 0 Å². The Labute approximate surface area is 342 Å². The quantitative estimate of drug-likeness (QED) is 0.102. The molecule has 4 heterocycles. The van der Waals surface area contributed by atoms with E-state index in [1.165, 1.54) is 0 Å². The highest BCUT2D eigenvalue weighted by Gasteiger charge is 2.39. The van der Waals surface area contributed by atoms with Gasteiger partial charge < -0.3 is 35.0 Å². The van der Waals surface area contributed by atoms with E-state index in [1.54, 1.807) is 54.1 Å². The first-order valence-electron chi connectivity index (χ1n) is 20.1. The van der Waals surface area contributed by atoms with Gasteiger partial charge in [-0.05, 0) is 86.1 Å². The Morgan fingerprint density at radius 1 is 0.797 bits per heavy atom. The summed E-state index contributed by atoms with van der Waals surface area (Å²) < 4.78 is 10.9. The van der Waals surface area contributed by atoms with Crippen molar-refractivity contribution >= 4 is 40.6 Å². The average molecular weight is 794 g/mol. The lowest BCUT2D eigenvalue weighted by Crippen LogP contribution is -2.48. The third-order valence-electron chi connectivity index (χ3n) is 10.8. The van der Waals surface area contributed by atoms with Gasteiger partial charge in [-0.25, -0.2) is 14.6 Å². The van der Waals surface area contributed by atoms with Crippen molar-refractivity contribution in [3.05, 3.63) is 132 Å². The molecule has 4 aromatic carbocycles. The molecule has 2 aliphatic rings. The Bertz CT molecular complexity index is 2430. The summed E-state index contributed by atoms with van der Waals surface area (Å²) >= 11 is 0. The van der Waals surface area contributed by atoms with Gasteiger partial charge in [-0.3, -0.25) is 14.5 Å². The fourth-order valence-corrected chi connectivity index (χ4v) is 7.91. The Balaban J connectivity index is 0.909. The van der Waals surface area contributed by atoms with Crippen molar-refractivity contribution < 1.29 is 28.7 Å². The Hall–Kier alpha value is -6.89. The number of H-pyrrole nitrogens is 2. The van der Waals surface area contributed by atoms with Crippen LogP contribution in [0, 0.1) is 0 Å². The molecule has 2 aromatic heterocycles. The molecule has 3 atom stereocenters. The molecule has 4 amide bonds. The predicted octanol–water partition coefficient (Wildman–Crippen LogP) is 8.50. The Kier molecular flexibility index (Phi) is 11.4. The summed E-state index contributed by atoms with van der Waals surface area (Å²) in [7, 11) is 0. The van der Waals surface area contributed by atoms with E-state index in [0.29, 0.717) is 37.2 Å². The molecule has 4 N–H and O–H groups in total. The lowest BCUT2D eigenvalue weighted by Gasteiger charge is -2.29. The summed E-state index contributed by atoms with van der Waals surface area (Å²) in [5.74, 6) is 0.0845. The van der Waals surface area contributed by atoms with E-state index in [2.05, 4.69) is 25.6 Å². The first-order valence-corrected chi connectivity index (χ1v) is 20.1. The highest BCUT2D eigenvalue weighted by Crippen LogP contribution is 2.34. The number of carbonyl (C=O) groups excluding carboxylic acids is 4. The van der Waals surface area contributed by atoms with Gasteiger partial charge in [0.1, 0.15) is 24.5 Å². The number of aromatic nitrogens is 3. The van der Waals surface area contributed by atoms with Crippen LogP contribution in [0.1, 0.15) is 68.6 Å². The molecule has 0 radical (unpaired) electrons. The summed E-state index contributed by atoms with van der Waals surface area (Å²) in [5.41, 5.74) is 6.79. The first-order chi connectivity index (χ1) is 28.7. The summed E-state index contributed by atoms with van der Waals surface area (Å²) in [6.45, 7) is 4.72. The van der Waals surface area contributed by atoms with Gasteiger partial charge in [-0.1, -0.05) is 84.9 Å². The fourth-order valence-electron chi connectivity index (χ4n) is 7.91. The zero-order valence-corrected chi connectivity index (χ0v) is 33.0. The van der Waals surface area contributed by atoms with Crippen LogP contribution in [0.5, 0.6) is 0 Å². The highest BCUT2D eigenvalue weighted by atomic mass is 16.6. The summed E-state index contributed by atoms with van der Waals surface area (Å²) in [6.07, 6.45) is 3.26. The number of amides is 4. The first kappa shape index (κ1) is 39.0. The van der Waals surface area contributed by atoms with E-state index in [4.69, 9.17) is 9.47 Å². The number of rotatable bonds is 11. The van der Waals surface area contributed by atoms with E-state index >= 15 is 0 Å². The van der Waals surface area contributed by atoms with Gasteiger partial charge in [0, 0.05) is 35.4 Å². The van der Waals surface area contributed by atoms with Crippen molar-refractivity contribution in [2.75, 3.05) is 18.4 Å². The van der Waals surface area contributed by atoms with E-state index < -0.39 is 18.2 Å². The molecule has 2 saturated heterocycles. The molecule has 6 aromatic rings. The maximum absolute atomic E-state index is 13.9. The van der Waals surface area contributed by atoms with Crippen molar-refractivity contribution in [2.45, 2.75) is 70.4 Å². The maximum Gasteiger partial charge on any atom is 0.410 e. The average Bonchev–Trinajstić information content (AvgIpc) is 4.09. The van der Waals surface area contributed by atoms with Crippen LogP contribution in [-0.2, 0) is 25.7 Å². The monoisotopic (exact) mass is 793 g/mol. The number of nitrogens with one attached hydrogen (secondary N) is 4. The highest BCUT2D eigenvalue weighted by molar-refractivity contribution is 6.00. The number of imidazole rings is 1. The minimum Gasteiger partial charge on any atom is -0.447 e. The molecule has 2 aliphatic heterocycles. The number of benzene rings is 4. The molecule has 8 rings (SSSR count). The lowest BCUT2D eigenvalue weighted by molar-refractivity contribution is -0.138. The number of nitrogens with zero attached hydrogens (tertiary/aromatic N) is 3. The largest absolute Gasteiger partial charge is 0.447 e. The molecule has 0 saturated carbocycles. The molecule has 13 nitrogen and oxygen atoms in total. The second-order valence-electron chi connectivity index (χ2n) is 15.3. The van der Waals surface area contributed by atoms with Crippen molar-refractivity contribution in [2.24, 2.45) is 0 Å². The van der Waals surface area contributed by atoms with Crippen LogP contribution in [0.15, 0.2) is 115 Å². The normalized spacial score (nSPS) is 16.9. The third kappa shape index (κ3) is 8.84. The van der Waals surface area contributed by atoms with Gasteiger partial charge in [-0.2, -0.15) is 0 Å². The zero-order chi connectivity index (χ0) is 40.9.